The van der Waals surface area contributed by atoms with Gasteiger partial charge in [-0.3, -0.25) is 38.4 Å². The Morgan fingerprint density at radius 1 is 0.466 bits per heavy atom. The number of anilines is 5. The van der Waals surface area contributed by atoms with Gasteiger partial charge in [0.05, 0.1) is 54.3 Å². The number of nitrogens with one attached hydrogen (secondary N) is 2. The molecule has 0 aliphatic rings. The number of non-ortho nitro benzene ring substituents is 2. The summed E-state index contributed by atoms with van der Waals surface area (Å²) in [7, 11) is -20.3. The molecule has 0 amide bonds. The number of benzene rings is 7. The third-order valence-corrected chi connectivity index (χ3v) is 13.3. The number of rotatable bonds is 16. The molecule has 0 aliphatic heterocycles. The third kappa shape index (κ3) is 11.8. The van der Waals surface area contributed by atoms with E-state index in [-0.39, 0.29) is 45.5 Å². The predicted molar refractivity (Wildman–Crippen MR) is 256 cm³/mol. The first-order valence-electron chi connectivity index (χ1n) is 19.5. The van der Waals surface area contributed by atoms with Gasteiger partial charge in [-0.2, -0.15) is 43.9 Å². The average molecular weight is 1080 g/mol. The van der Waals surface area contributed by atoms with Gasteiger partial charge in [-0.25, -0.2) is 0 Å². The molecule has 376 valence electrons. The second-order valence-corrected chi connectivity index (χ2v) is 20.3. The number of nitro benzene ring substituents is 2. The van der Waals surface area contributed by atoms with Gasteiger partial charge >= 0.3 is 0 Å². The number of nitrogens with two attached hydrogens (primary N) is 1. The monoisotopic (exact) mass is 1080 g/mol. The molecule has 7 aromatic rings. The molecular formula is C40H29N11O18S4. The van der Waals surface area contributed by atoms with E-state index in [0.29, 0.717) is 24.3 Å². The maximum atomic E-state index is 12.7. The topological polar surface area (TPSA) is 468 Å². The Kier molecular flexibility index (Phi) is 14.0. The van der Waals surface area contributed by atoms with Crippen molar-refractivity contribution in [1.29, 1.82) is 0 Å². The molecule has 7 aromatic carbocycles. The standard InChI is InChI=1S/C40H29N11O18S4/c41-28-11-14-31(37(39(28)52)48-44-23-5-1-21(2-6-23)42-29-12-9-25(50(54)55)17-33(29)71(61,62)63)46-47-32-19-27(70(58,59)60)15-20-16-35(73(67,68)69)38(40(53)36(20)32)49-45-24-7-3-22(4-8-24)43-30-13-10-26(51(56)57)18-34(30)72(64,65)66/h1-19,42-43,52-53H,41H2,(H,58,59,60)(H,61,62,63)(H,64,65,66)(H,67,68,69). The number of hydrogen-bond acceptors (Lipinski definition) is 23. The molecule has 7 rings (SSSR count). The number of fused-ring (bicyclic) bond motifs is 1. The van der Waals surface area contributed by atoms with Gasteiger partial charge in [0.2, 0.25) is 0 Å². The predicted octanol–water partition coefficient (Wildman–Crippen LogP) is 9.37. The number of nitro groups is 2. The van der Waals surface area contributed by atoms with Crippen LogP contribution in [-0.4, -0.2) is 71.9 Å². The molecule has 0 saturated carbocycles. The highest BCUT2D eigenvalue weighted by Gasteiger charge is 2.27. The summed E-state index contributed by atoms with van der Waals surface area (Å²) in [5.41, 5.74) is 2.04. The molecule has 73 heavy (non-hydrogen) atoms. The smallest absolute Gasteiger partial charge is 0.296 e. The normalized spacial score (nSPS) is 12.5. The molecule has 10 N–H and O–H groups in total. The third-order valence-electron chi connectivity index (χ3n) is 9.84. The van der Waals surface area contributed by atoms with Crippen LogP contribution in [0.4, 0.5) is 73.9 Å². The minimum Gasteiger partial charge on any atom is -0.505 e. The van der Waals surface area contributed by atoms with Crippen LogP contribution in [0.15, 0.2) is 166 Å². The Hall–Kier alpha value is -8.96. The molecule has 0 saturated heterocycles. The number of aromatic hydroxyl groups is 2. The van der Waals surface area contributed by atoms with Gasteiger partial charge in [0.15, 0.2) is 17.2 Å². The molecule has 33 heteroatoms. The number of phenolic OH excluding ortho intramolecular Hbond substituents is 2. The summed E-state index contributed by atoms with van der Waals surface area (Å²) in [6.45, 7) is 0. The van der Waals surface area contributed by atoms with Crippen molar-refractivity contribution in [3.63, 3.8) is 0 Å². The first-order chi connectivity index (χ1) is 34.1. The number of azo groups is 3. The Labute approximate surface area is 409 Å². The fourth-order valence-corrected chi connectivity index (χ4v) is 8.99. The molecule has 0 heterocycles. The molecule has 0 spiro atoms. The van der Waals surface area contributed by atoms with Crippen LogP contribution in [0.5, 0.6) is 11.5 Å². The Morgan fingerprint density at radius 2 is 0.918 bits per heavy atom. The van der Waals surface area contributed by atoms with Crippen LogP contribution in [0.2, 0.25) is 0 Å². The lowest BCUT2D eigenvalue weighted by molar-refractivity contribution is -0.385. The van der Waals surface area contributed by atoms with Crippen LogP contribution in [-0.2, 0) is 40.5 Å². The van der Waals surface area contributed by atoms with Crippen molar-refractivity contribution in [3.05, 3.63) is 135 Å². The highest BCUT2D eigenvalue weighted by Crippen LogP contribution is 2.48. The van der Waals surface area contributed by atoms with Crippen LogP contribution >= 0.6 is 0 Å². The molecule has 0 unspecified atom stereocenters. The molecule has 29 nitrogen and oxygen atoms in total. The molecule has 0 radical (unpaired) electrons. The van der Waals surface area contributed by atoms with E-state index in [1.807, 2.05) is 0 Å². The summed E-state index contributed by atoms with van der Waals surface area (Å²) in [6.07, 6.45) is 0. The molecule has 0 bridgehead atoms. The van der Waals surface area contributed by atoms with Gasteiger partial charge in [0.25, 0.3) is 51.8 Å². The zero-order valence-corrected chi connectivity index (χ0v) is 39.1. The van der Waals surface area contributed by atoms with Crippen molar-refractivity contribution in [2.24, 2.45) is 30.7 Å². The quantitative estimate of drug-likeness (QED) is 0.0109. The lowest BCUT2D eigenvalue weighted by Gasteiger charge is -2.12. The molecule has 0 aromatic heterocycles. The number of nitrogen functional groups attached to an aromatic ring is 1. The van der Waals surface area contributed by atoms with E-state index in [9.17, 15) is 82.3 Å². The largest absolute Gasteiger partial charge is 0.505 e. The highest BCUT2D eigenvalue weighted by molar-refractivity contribution is 7.86. The summed E-state index contributed by atoms with van der Waals surface area (Å²) < 4.78 is 137. The number of nitrogens with zero attached hydrogens (tertiary/aromatic N) is 8. The molecular weight excluding hydrogens is 1050 g/mol. The lowest BCUT2D eigenvalue weighted by Crippen LogP contribution is -2.04. The van der Waals surface area contributed by atoms with Crippen LogP contribution in [0.3, 0.4) is 0 Å². The van der Waals surface area contributed by atoms with E-state index in [0.717, 1.165) is 30.3 Å². The Morgan fingerprint density at radius 3 is 1.36 bits per heavy atom. The maximum absolute atomic E-state index is 12.7. The zero-order valence-electron chi connectivity index (χ0n) is 35.8. The zero-order chi connectivity index (χ0) is 53.4. The first-order valence-corrected chi connectivity index (χ1v) is 25.3. The maximum Gasteiger partial charge on any atom is 0.296 e. The summed E-state index contributed by atoms with van der Waals surface area (Å²) in [4.78, 5) is 17.0. The van der Waals surface area contributed by atoms with Gasteiger partial charge in [0.1, 0.15) is 26.1 Å². The lowest BCUT2D eigenvalue weighted by atomic mass is 10.1. The minimum atomic E-state index is -5.32. The van der Waals surface area contributed by atoms with Crippen molar-refractivity contribution in [2.45, 2.75) is 19.6 Å². The fraction of sp³-hybridized carbons (Fsp3) is 0. The van der Waals surface area contributed by atoms with Gasteiger partial charge in [0, 0.05) is 35.6 Å². The van der Waals surface area contributed by atoms with E-state index in [1.165, 1.54) is 60.7 Å². The van der Waals surface area contributed by atoms with Crippen molar-refractivity contribution < 1.29 is 71.9 Å². The summed E-state index contributed by atoms with van der Waals surface area (Å²) in [6, 6.07) is 20.3. The van der Waals surface area contributed by atoms with Gasteiger partial charge < -0.3 is 26.6 Å². The molecule has 0 atom stereocenters. The summed E-state index contributed by atoms with van der Waals surface area (Å²) >= 11 is 0. The van der Waals surface area contributed by atoms with E-state index in [1.54, 1.807) is 0 Å². The Balaban J connectivity index is 1.23. The van der Waals surface area contributed by atoms with Crippen molar-refractivity contribution in [3.8, 4) is 11.5 Å². The van der Waals surface area contributed by atoms with E-state index in [2.05, 4.69) is 41.3 Å². The Bertz CT molecular complexity index is 4010. The van der Waals surface area contributed by atoms with E-state index < -0.39 is 121 Å². The van der Waals surface area contributed by atoms with Gasteiger partial charge in [-0.15, -0.1) is 20.5 Å². The second-order valence-electron chi connectivity index (χ2n) is 14.7. The summed E-state index contributed by atoms with van der Waals surface area (Å²) in [5.74, 6) is -1.77. The van der Waals surface area contributed by atoms with Crippen molar-refractivity contribution in [2.75, 3.05) is 16.4 Å². The average Bonchev–Trinajstić information content (AvgIpc) is 3.30. The van der Waals surface area contributed by atoms with E-state index >= 15 is 0 Å². The SMILES string of the molecule is Nc1ccc(N=Nc2cc(S(=O)(=O)O)cc3cc(S(=O)(=O)O)c(N=Nc4ccc(Nc5ccc([N+](=O)[O-])cc5S(=O)(=O)O)cc4)c(O)c23)c(N=Nc2ccc(Nc3ccc([N+](=O)[O-])cc3S(=O)(=O)O)cc2)c1O. The number of hydrogen-bond donors (Lipinski definition) is 9. The van der Waals surface area contributed by atoms with Crippen LogP contribution in [0, 0.1) is 20.2 Å². The minimum absolute atomic E-state index is 0.0688. The first kappa shape index (κ1) is 51.9. The van der Waals surface area contributed by atoms with Crippen LogP contribution in [0.1, 0.15) is 0 Å². The molecule has 0 fully saturated rings. The van der Waals surface area contributed by atoms with E-state index in [4.69, 9.17) is 5.73 Å². The second kappa shape index (κ2) is 19.7. The van der Waals surface area contributed by atoms with Crippen LogP contribution < -0.4 is 16.4 Å². The number of phenols is 2. The van der Waals surface area contributed by atoms with Crippen molar-refractivity contribution >= 4 is 125 Å². The van der Waals surface area contributed by atoms with Gasteiger partial charge in [-0.1, -0.05) is 0 Å². The highest BCUT2D eigenvalue weighted by atomic mass is 32.2. The van der Waals surface area contributed by atoms with Crippen molar-refractivity contribution in [1.82, 2.24) is 0 Å². The summed E-state index contributed by atoms with van der Waals surface area (Å²) in [5, 5.41) is 73.0. The fourth-order valence-electron chi connectivity index (χ4n) is 6.46. The molecule has 0 aliphatic carbocycles. The van der Waals surface area contributed by atoms with Gasteiger partial charge in [-0.05, 0) is 96.4 Å². The van der Waals surface area contributed by atoms with Crippen LogP contribution in [0.25, 0.3) is 10.8 Å².